The summed E-state index contributed by atoms with van der Waals surface area (Å²) >= 11 is 0. The number of benzene rings is 2. The molecule has 0 radical (unpaired) electrons. The van der Waals surface area contributed by atoms with Crippen molar-refractivity contribution in [2.24, 2.45) is 0 Å². The molecule has 1 aliphatic heterocycles. The van der Waals surface area contributed by atoms with Crippen LogP contribution in [0.1, 0.15) is 16.1 Å². The molecule has 2 aromatic carbocycles. The number of aromatic nitrogens is 1. The van der Waals surface area contributed by atoms with E-state index in [0.717, 1.165) is 0 Å². The van der Waals surface area contributed by atoms with Gasteiger partial charge in [0.1, 0.15) is 12.3 Å². The third-order valence-electron chi connectivity index (χ3n) is 5.08. The van der Waals surface area contributed by atoms with Crippen LogP contribution in [-0.2, 0) is 11.3 Å². The molecule has 0 aliphatic carbocycles. The molecule has 6 nitrogen and oxygen atoms in total. The number of likely N-dealkylation sites (N-methyl/N-ethyl adjacent to an activating group) is 1. The van der Waals surface area contributed by atoms with E-state index in [4.69, 9.17) is 0 Å². The Bertz CT molecular complexity index is 1150. The van der Waals surface area contributed by atoms with Gasteiger partial charge >= 0.3 is 6.36 Å². The Labute approximate surface area is 181 Å². The molecule has 0 fully saturated rings. The second-order valence-electron chi connectivity index (χ2n) is 7.24. The van der Waals surface area contributed by atoms with Gasteiger partial charge in [0.25, 0.3) is 5.91 Å². The molecule has 0 atom stereocenters. The standard InChI is InChI=1S/C23H18F3N3O3/c1-28-20-10-7-16(15-5-8-18(9-6-15)32-23(24,25)26)12-19(20)22(31)29(14-21(28)30)13-17-4-2-3-11-27-17/h2-12H,13-14H2,1H3. The van der Waals surface area contributed by atoms with Gasteiger partial charge in [-0.15, -0.1) is 13.2 Å². The monoisotopic (exact) mass is 441 g/mol. The van der Waals surface area contributed by atoms with Crippen molar-refractivity contribution in [1.82, 2.24) is 9.88 Å². The number of rotatable bonds is 4. The highest BCUT2D eigenvalue weighted by Gasteiger charge is 2.32. The Morgan fingerprint density at radius 1 is 1.00 bits per heavy atom. The van der Waals surface area contributed by atoms with Crippen molar-refractivity contribution in [3.63, 3.8) is 0 Å². The molecule has 1 aromatic heterocycles. The number of fused-ring (bicyclic) bond motifs is 1. The summed E-state index contributed by atoms with van der Waals surface area (Å²) in [7, 11) is 1.60. The molecule has 0 saturated heterocycles. The third-order valence-corrected chi connectivity index (χ3v) is 5.08. The SMILES string of the molecule is CN1C(=O)CN(Cc2ccccn2)C(=O)c2cc(-c3ccc(OC(F)(F)F)cc3)ccc21. The average molecular weight is 441 g/mol. The lowest BCUT2D eigenvalue weighted by molar-refractivity contribution is -0.274. The fourth-order valence-corrected chi connectivity index (χ4v) is 3.49. The largest absolute Gasteiger partial charge is 0.573 e. The summed E-state index contributed by atoms with van der Waals surface area (Å²) in [5, 5.41) is 0. The second-order valence-corrected chi connectivity index (χ2v) is 7.24. The summed E-state index contributed by atoms with van der Waals surface area (Å²) in [6.45, 7) is 0.0752. The van der Waals surface area contributed by atoms with Crippen LogP contribution in [0.4, 0.5) is 18.9 Å². The first-order valence-electron chi connectivity index (χ1n) is 9.67. The number of pyridine rings is 1. The molecule has 9 heteroatoms. The zero-order valence-electron chi connectivity index (χ0n) is 17.0. The highest BCUT2D eigenvalue weighted by molar-refractivity contribution is 6.10. The number of amides is 2. The summed E-state index contributed by atoms with van der Waals surface area (Å²) in [4.78, 5) is 33.0. The van der Waals surface area contributed by atoms with Gasteiger partial charge in [0.2, 0.25) is 5.91 Å². The maximum atomic E-state index is 13.3. The smallest absolute Gasteiger partial charge is 0.406 e. The van der Waals surface area contributed by atoms with Crippen LogP contribution in [0.3, 0.4) is 0 Å². The van der Waals surface area contributed by atoms with Crippen LogP contribution in [0.5, 0.6) is 5.75 Å². The lowest BCUT2D eigenvalue weighted by Crippen LogP contribution is -2.37. The van der Waals surface area contributed by atoms with Crippen LogP contribution in [0.15, 0.2) is 66.9 Å². The van der Waals surface area contributed by atoms with Gasteiger partial charge in [0.15, 0.2) is 0 Å². The number of halogens is 3. The third kappa shape index (κ3) is 4.56. The lowest BCUT2D eigenvalue weighted by Gasteiger charge is -2.19. The van der Waals surface area contributed by atoms with E-state index in [0.29, 0.717) is 28.1 Å². The van der Waals surface area contributed by atoms with Crippen LogP contribution >= 0.6 is 0 Å². The molecule has 4 rings (SSSR count). The normalized spacial score (nSPS) is 14.2. The van der Waals surface area contributed by atoms with Crippen molar-refractivity contribution in [2.75, 3.05) is 18.5 Å². The molecule has 0 saturated carbocycles. The van der Waals surface area contributed by atoms with E-state index >= 15 is 0 Å². The summed E-state index contributed by atoms with van der Waals surface area (Å²) in [6, 6.07) is 15.7. The molecule has 0 bridgehead atoms. The number of anilines is 1. The predicted molar refractivity (Wildman–Crippen MR) is 111 cm³/mol. The maximum Gasteiger partial charge on any atom is 0.573 e. The first-order valence-corrected chi connectivity index (χ1v) is 9.67. The van der Waals surface area contributed by atoms with Crippen LogP contribution in [0, 0.1) is 0 Å². The summed E-state index contributed by atoms with van der Waals surface area (Å²) in [5.41, 5.74) is 2.66. The van der Waals surface area contributed by atoms with Gasteiger partial charge in [-0.1, -0.05) is 24.3 Å². The molecular weight excluding hydrogens is 423 g/mol. The summed E-state index contributed by atoms with van der Waals surface area (Å²) < 4.78 is 41.1. The minimum atomic E-state index is -4.77. The topological polar surface area (TPSA) is 62.7 Å². The number of carbonyl (C=O) groups excluding carboxylic acids is 2. The molecule has 2 amide bonds. The molecule has 164 valence electrons. The van der Waals surface area contributed by atoms with Crippen molar-refractivity contribution in [3.8, 4) is 16.9 Å². The number of alkyl halides is 3. The van der Waals surface area contributed by atoms with Crippen molar-refractivity contribution in [2.45, 2.75) is 12.9 Å². The zero-order valence-corrected chi connectivity index (χ0v) is 17.0. The number of hydrogen-bond donors (Lipinski definition) is 0. The number of nitrogens with zero attached hydrogens (tertiary/aromatic N) is 3. The van der Waals surface area contributed by atoms with E-state index in [1.54, 1.807) is 49.6 Å². The van der Waals surface area contributed by atoms with Crippen LogP contribution in [-0.4, -0.2) is 41.7 Å². The van der Waals surface area contributed by atoms with Crippen molar-refractivity contribution >= 4 is 17.5 Å². The highest BCUT2D eigenvalue weighted by Crippen LogP contribution is 2.32. The number of hydrogen-bond acceptors (Lipinski definition) is 4. The van der Waals surface area contributed by atoms with Crippen molar-refractivity contribution < 1.29 is 27.5 Å². The minimum Gasteiger partial charge on any atom is -0.406 e. The molecular formula is C23H18F3N3O3. The van der Waals surface area contributed by atoms with Crippen LogP contribution in [0.25, 0.3) is 11.1 Å². The Morgan fingerprint density at radius 3 is 2.38 bits per heavy atom. The van der Waals surface area contributed by atoms with Gasteiger partial charge in [-0.2, -0.15) is 0 Å². The predicted octanol–water partition coefficient (Wildman–Crippen LogP) is 4.27. The molecule has 2 heterocycles. The molecule has 3 aromatic rings. The fourth-order valence-electron chi connectivity index (χ4n) is 3.49. The second kappa shape index (κ2) is 8.33. The Hall–Kier alpha value is -3.88. The van der Waals surface area contributed by atoms with E-state index in [1.165, 1.54) is 34.1 Å². The zero-order chi connectivity index (χ0) is 22.9. The summed E-state index contributed by atoms with van der Waals surface area (Å²) in [6.07, 6.45) is -3.16. The maximum absolute atomic E-state index is 13.3. The van der Waals surface area contributed by atoms with E-state index in [-0.39, 0.29) is 30.7 Å². The lowest BCUT2D eigenvalue weighted by atomic mass is 10.0. The van der Waals surface area contributed by atoms with Crippen molar-refractivity contribution in [3.05, 3.63) is 78.1 Å². The number of ether oxygens (including phenoxy) is 1. The molecule has 32 heavy (non-hydrogen) atoms. The first kappa shape index (κ1) is 21.4. The Kier molecular flexibility index (Phi) is 5.56. The molecule has 0 unspecified atom stereocenters. The fraction of sp³-hybridized carbons (Fsp3) is 0.174. The molecule has 1 aliphatic rings. The first-order chi connectivity index (χ1) is 15.2. The Balaban J connectivity index is 1.67. The van der Waals surface area contributed by atoms with E-state index in [1.807, 2.05) is 0 Å². The van der Waals surface area contributed by atoms with Gasteiger partial charge in [-0.3, -0.25) is 14.6 Å². The van der Waals surface area contributed by atoms with Crippen LogP contribution in [0.2, 0.25) is 0 Å². The average Bonchev–Trinajstić information content (AvgIpc) is 2.85. The quantitative estimate of drug-likeness (QED) is 0.607. The van der Waals surface area contributed by atoms with Gasteiger partial charge in [-0.05, 0) is 47.5 Å². The van der Waals surface area contributed by atoms with E-state index in [2.05, 4.69) is 9.72 Å². The minimum absolute atomic E-state index is 0.0978. The molecule has 0 spiro atoms. The van der Waals surface area contributed by atoms with Gasteiger partial charge in [-0.25, -0.2) is 0 Å². The highest BCUT2D eigenvalue weighted by atomic mass is 19.4. The summed E-state index contributed by atoms with van der Waals surface area (Å²) in [5.74, 6) is -0.907. The van der Waals surface area contributed by atoms with E-state index in [9.17, 15) is 22.8 Å². The van der Waals surface area contributed by atoms with Gasteiger partial charge in [0, 0.05) is 13.2 Å². The van der Waals surface area contributed by atoms with Gasteiger partial charge < -0.3 is 14.5 Å². The number of carbonyl (C=O) groups is 2. The van der Waals surface area contributed by atoms with Gasteiger partial charge in [0.05, 0.1) is 23.5 Å². The molecule has 0 N–H and O–H groups in total. The van der Waals surface area contributed by atoms with Crippen LogP contribution < -0.4 is 9.64 Å². The van der Waals surface area contributed by atoms with E-state index < -0.39 is 6.36 Å². The Morgan fingerprint density at radius 2 is 1.72 bits per heavy atom. The van der Waals surface area contributed by atoms with Crippen molar-refractivity contribution in [1.29, 1.82) is 0 Å².